The molecule has 0 saturated carbocycles. The molecule has 0 radical (unpaired) electrons. The van der Waals surface area contributed by atoms with Gasteiger partial charge in [-0.15, -0.1) is 0 Å². The smallest absolute Gasteiger partial charge is 0.261 e. The number of nitrogens with one attached hydrogen (secondary N) is 1. The minimum atomic E-state index is -0.449. The van der Waals surface area contributed by atoms with E-state index in [-0.39, 0.29) is 24.3 Å². The molecule has 1 N–H and O–H groups in total. The number of imide groups is 1. The number of ether oxygens (including phenoxy) is 1. The second-order valence-corrected chi connectivity index (χ2v) is 6.43. The minimum absolute atomic E-state index is 0.222. The Labute approximate surface area is 150 Å². The van der Waals surface area contributed by atoms with Crippen LogP contribution < -0.4 is 5.32 Å². The average molecular weight is 350 g/mol. The second kappa shape index (κ2) is 6.72. The van der Waals surface area contributed by atoms with Gasteiger partial charge in [-0.3, -0.25) is 19.3 Å². The van der Waals surface area contributed by atoms with E-state index in [1.54, 1.807) is 18.2 Å². The lowest BCUT2D eigenvalue weighted by Crippen LogP contribution is -2.29. The summed E-state index contributed by atoms with van der Waals surface area (Å²) in [7, 11) is 0. The number of anilines is 1. The van der Waals surface area contributed by atoms with Gasteiger partial charge >= 0.3 is 0 Å². The number of hydrogen-bond donors (Lipinski definition) is 1. The Balaban J connectivity index is 1.53. The van der Waals surface area contributed by atoms with E-state index < -0.39 is 6.10 Å². The van der Waals surface area contributed by atoms with E-state index in [4.69, 9.17) is 4.74 Å². The molecular formula is C20H18N2O4. The lowest BCUT2D eigenvalue weighted by atomic mass is 10.1. The van der Waals surface area contributed by atoms with Gasteiger partial charge < -0.3 is 10.1 Å². The van der Waals surface area contributed by atoms with Crippen LogP contribution in [0.15, 0.2) is 48.5 Å². The van der Waals surface area contributed by atoms with Gasteiger partial charge in [0.2, 0.25) is 0 Å². The molecular weight excluding hydrogens is 332 g/mol. The fourth-order valence-electron chi connectivity index (χ4n) is 3.29. The van der Waals surface area contributed by atoms with Crippen molar-refractivity contribution in [3.05, 3.63) is 65.2 Å². The summed E-state index contributed by atoms with van der Waals surface area (Å²) >= 11 is 0. The van der Waals surface area contributed by atoms with Gasteiger partial charge in [-0.05, 0) is 36.6 Å². The van der Waals surface area contributed by atoms with E-state index in [1.807, 2.05) is 30.3 Å². The Bertz CT molecular complexity index is 873. The largest absolute Gasteiger partial charge is 0.368 e. The number of amides is 3. The van der Waals surface area contributed by atoms with Gasteiger partial charge in [0.15, 0.2) is 0 Å². The Morgan fingerprint density at radius 1 is 1.08 bits per heavy atom. The molecule has 2 heterocycles. The summed E-state index contributed by atoms with van der Waals surface area (Å²) in [6.45, 7) is 0.814. The molecule has 3 amide bonds. The summed E-state index contributed by atoms with van der Waals surface area (Å²) in [5.41, 5.74) is 2.05. The molecule has 1 atom stereocenters. The third kappa shape index (κ3) is 2.99. The van der Waals surface area contributed by atoms with Crippen molar-refractivity contribution in [1.29, 1.82) is 0 Å². The Kier molecular flexibility index (Phi) is 4.26. The summed E-state index contributed by atoms with van der Waals surface area (Å²) in [5, 5.41) is 2.77. The van der Waals surface area contributed by atoms with Crippen LogP contribution in [-0.4, -0.2) is 35.3 Å². The third-order valence-electron chi connectivity index (χ3n) is 4.64. The van der Waals surface area contributed by atoms with Crippen molar-refractivity contribution in [3.63, 3.8) is 0 Å². The molecule has 0 spiro atoms. The van der Waals surface area contributed by atoms with Crippen LogP contribution in [-0.2, 0) is 16.1 Å². The van der Waals surface area contributed by atoms with E-state index in [0.717, 1.165) is 12.0 Å². The van der Waals surface area contributed by atoms with Crippen molar-refractivity contribution in [1.82, 2.24) is 4.90 Å². The Morgan fingerprint density at radius 3 is 2.58 bits per heavy atom. The average Bonchev–Trinajstić information content (AvgIpc) is 3.27. The van der Waals surface area contributed by atoms with E-state index in [0.29, 0.717) is 29.8 Å². The van der Waals surface area contributed by atoms with Crippen LogP contribution >= 0.6 is 0 Å². The zero-order valence-electron chi connectivity index (χ0n) is 14.1. The van der Waals surface area contributed by atoms with Crippen molar-refractivity contribution in [2.75, 3.05) is 11.9 Å². The molecule has 0 aliphatic carbocycles. The predicted octanol–water partition coefficient (Wildman–Crippen LogP) is 2.60. The van der Waals surface area contributed by atoms with Crippen LogP contribution in [0.2, 0.25) is 0 Å². The molecule has 0 unspecified atom stereocenters. The van der Waals surface area contributed by atoms with Gasteiger partial charge in [-0.1, -0.05) is 30.3 Å². The normalized spacial score (nSPS) is 18.9. The molecule has 26 heavy (non-hydrogen) atoms. The molecule has 1 fully saturated rings. The van der Waals surface area contributed by atoms with Crippen LogP contribution in [0.4, 0.5) is 5.69 Å². The molecule has 6 heteroatoms. The van der Waals surface area contributed by atoms with Gasteiger partial charge in [0.05, 0.1) is 17.7 Å². The summed E-state index contributed by atoms with van der Waals surface area (Å²) in [6, 6.07) is 14.2. The Morgan fingerprint density at radius 2 is 1.85 bits per heavy atom. The number of nitrogens with zero attached hydrogens (tertiary/aromatic N) is 1. The molecule has 132 valence electrons. The summed E-state index contributed by atoms with van der Waals surface area (Å²) in [5.74, 6) is -0.881. The Hall–Kier alpha value is -2.99. The van der Waals surface area contributed by atoms with E-state index >= 15 is 0 Å². The highest BCUT2D eigenvalue weighted by Gasteiger charge is 2.35. The zero-order chi connectivity index (χ0) is 18.1. The number of carbonyl (C=O) groups excluding carboxylic acids is 3. The topological polar surface area (TPSA) is 75.7 Å². The summed E-state index contributed by atoms with van der Waals surface area (Å²) in [6.07, 6.45) is 1.11. The highest BCUT2D eigenvalue weighted by Crippen LogP contribution is 2.27. The fraction of sp³-hybridized carbons (Fsp3) is 0.250. The van der Waals surface area contributed by atoms with Crippen LogP contribution in [0.5, 0.6) is 0 Å². The molecule has 1 saturated heterocycles. The highest BCUT2D eigenvalue weighted by molar-refractivity contribution is 6.21. The first kappa shape index (κ1) is 16.5. The lowest BCUT2D eigenvalue weighted by Gasteiger charge is -2.13. The van der Waals surface area contributed by atoms with Gasteiger partial charge in [-0.25, -0.2) is 0 Å². The molecule has 2 aliphatic heterocycles. The molecule has 4 rings (SSSR count). The van der Waals surface area contributed by atoms with E-state index in [9.17, 15) is 14.4 Å². The molecule has 6 nitrogen and oxygen atoms in total. The van der Waals surface area contributed by atoms with Crippen LogP contribution in [0.1, 0.15) is 39.1 Å². The number of hydrogen-bond acceptors (Lipinski definition) is 4. The molecule has 0 bridgehead atoms. The molecule has 2 aromatic rings. The standard InChI is InChI=1S/C20H18N2O4/c23-18(17-7-4-10-26-17)21-14-8-9-15-16(11-14)20(25)22(19(15)24)12-13-5-2-1-3-6-13/h1-3,5-6,8-9,11,17H,4,7,10,12H2,(H,21,23)/t17-/m0/s1. The van der Waals surface area contributed by atoms with Gasteiger partial charge in [0.25, 0.3) is 17.7 Å². The molecule has 2 aliphatic rings. The van der Waals surface area contributed by atoms with Crippen molar-refractivity contribution >= 4 is 23.4 Å². The van der Waals surface area contributed by atoms with E-state index in [2.05, 4.69) is 5.32 Å². The zero-order valence-corrected chi connectivity index (χ0v) is 14.1. The fourth-order valence-corrected chi connectivity index (χ4v) is 3.29. The number of carbonyl (C=O) groups is 3. The number of fused-ring (bicyclic) bond motifs is 1. The van der Waals surface area contributed by atoms with Gasteiger partial charge in [-0.2, -0.15) is 0 Å². The molecule has 2 aromatic carbocycles. The van der Waals surface area contributed by atoms with Crippen LogP contribution in [0, 0.1) is 0 Å². The van der Waals surface area contributed by atoms with E-state index in [1.165, 1.54) is 4.90 Å². The van der Waals surface area contributed by atoms with Crippen molar-refractivity contribution < 1.29 is 19.1 Å². The first-order valence-electron chi connectivity index (χ1n) is 8.60. The minimum Gasteiger partial charge on any atom is -0.368 e. The third-order valence-corrected chi connectivity index (χ3v) is 4.64. The predicted molar refractivity (Wildman–Crippen MR) is 94.7 cm³/mol. The maximum absolute atomic E-state index is 12.7. The highest BCUT2D eigenvalue weighted by atomic mass is 16.5. The van der Waals surface area contributed by atoms with Gasteiger partial charge in [0, 0.05) is 12.3 Å². The van der Waals surface area contributed by atoms with Gasteiger partial charge in [0.1, 0.15) is 6.10 Å². The van der Waals surface area contributed by atoms with Crippen molar-refractivity contribution in [2.45, 2.75) is 25.5 Å². The van der Waals surface area contributed by atoms with Crippen molar-refractivity contribution in [3.8, 4) is 0 Å². The quantitative estimate of drug-likeness (QED) is 0.860. The maximum atomic E-state index is 12.7. The second-order valence-electron chi connectivity index (χ2n) is 6.43. The first-order chi connectivity index (χ1) is 12.6. The molecule has 0 aromatic heterocycles. The number of benzene rings is 2. The van der Waals surface area contributed by atoms with Crippen LogP contribution in [0.3, 0.4) is 0 Å². The lowest BCUT2D eigenvalue weighted by molar-refractivity contribution is -0.124. The summed E-state index contributed by atoms with van der Waals surface area (Å²) < 4.78 is 5.36. The van der Waals surface area contributed by atoms with Crippen LogP contribution in [0.25, 0.3) is 0 Å². The maximum Gasteiger partial charge on any atom is 0.261 e. The summed E-state index contributed by atoms with van der Waals surface area (Å²) in [4.78, 5) is 38.6. The number of rotatable bonds is 4. The monoisotopic (exact) mass is 350 g/mol. The first-order valence-corrected chi connectivity index (χ1v) is 8.60. The van der Waals surface area contributed by atoms with Crippen molar-refractivity contribution in [2.24, 2.45) is 0 Å². The SMILES string of the molecule is O=C(Nc1ccc2c(c1)C(=O)N(Cc1ccccc1)C2=O)[C@@H]1CCCO1.